The van der Waals surface area contributed by atoms with Crippen LogP contribution in [0, 0.1) is 0 Å². The second-order valence-corrected chi connectivity index (χ2v) is 3.63. The number of carbonyl (C=O) groups is 1. The fourth-order valence-electron chi connectivity index (χ4n) is 1.24. The van der Waals surface area contributed by atoms with Crippen LogP contribution >= 0.6 is 0 Å². The smallest absolute Gasteiger partial charge is 0.306 e. The molecule has 1 N–H and O–H groups in total. The lowest BCUT2D eigenvalue weighted by Crippen LogP contribution is -2.07. The molecule has 0 saturated carbocycles. The summed E-state index contributed by atoms with van der Waals surface area (Å²) >= 11 is 0. The van der Waals surface area contributed by atoms with Gasteiger partial charge in [0.05, 0.1) is 18.7 Å². The molecule has 0 spiro atoms. The molecular weight excluding hydrogens is 216 g/mol. The zero-order valence-corrected chi connectivity index (χ0v) is 10.3. The van der Waals surface area contributed by atoms with Gasteiger partial charge in [-0.25, -0.2) is 0 Å². The molecule has 0 heterocycles. The Morgan fingerprint density at radius 2 is 2.00 bits per heavy atom. The largest absolute Gasteiger partial charge is 0.466 e. The van der Waals surface area contributed by atoms with Crippen LogP contribution in [0.15, 0.2) is 35.4 Å². The molecule has 0 fully saturated rings. The maximum atomic E-state index is 11.1. The lowest BCUT2D eigenvalue weighted by atomic mass is 10.2. The minimum atomic E-state index is -0.179. The van der Waals surface area contributed by atoms with Gasteiger partial charge in [0, 0.05) is 5.71 Å². The predicted molar refractivity (Wildman–Crippen MR) is 69.0 cm³/mol. The Kier molecular flexibility index (Phi) is 5.79. The molecule has 0 saturated heterocycles. The Labute approximate surface area is 102 Å². The first-order valence-corrected chi connectivity index (χ1v) is 5.72. The van der Waals surface area contributed by atoms with Crippen molar-refractivity contribution in [1.29, 1.82) is 0 Å². The van der Waals surface area contributed by atoms with Crippen LogP contribution in [0.3, 0.4) is 0 Å². The van der Waals surface area contributed by atoms with Gasteiger partial charge in [-0.1, -0.05) is 18.2 Å². The minimum absolute atomic E-state index is 0.179. The summed E-state index contributed by atoms with van der Waals surface area (Å²) in [5.41, 5.74) is 4.75. The second kappa shape index (κ2) is 7.44. The summed E-state index contributed by atoms with van der Waals surface area (Å²) < 4.78 is 4.84. The highest BCUT2D eigenvalue weighted by Gasteiger charge is 2.02. The molecule has 0 radical (unpaired) electrons. The van der Waals surface area contributed by atoms with E-state index in [1.165, 1.54) is 0 Å². The molecule has 4 nitrogen and oxygen atoms in total. The topological polar surface area (TPSA) is 50.7 Å². The number of ether oxygens (including phenoxy) is 1. The fourth-order valence-corrected chi connectivity index (χ4v) is 1.24. The second-order valence-electron chi connectivity index (χ2n) is 3.63. The maximum Gasteiger partial charge on any atom is 0.306 e. The number of hydrogen-bond acceptors (Lipinski definition) is 4. The fraction of sp³-hybridized carbons (Fsp3) is 0.385. The van der Waals surface area contributed by atoms with E-state index in [1.807, 2.05) is 37.3 Å². The van der Waals surface area contributed by atoms with Crippen LogP contribution in [0.2, 0.25) is 0 Å². The monoisotopic (exact) mass is 234 g/mol. The van der Waals surface area contributed by atoms with Gasteiger partial charge in [0.1, 0.15) is 0 Å². The Bertz CT molecular complexity index is 374. The van der Waals surface area contributed by atoms with Gasteiger partial charge in [-0.15, -0.1) is 0 Å². The lowest BCUT2D eigenvalue weighted by Gasteiger charge is -2.03. The van der Waals surface area contributed by atoms with E-state index in [0.29, 0.717) is 19.4 Å². The molecule has 0 unspecified atom stereocenters. The van der Waals surface area contributed by atoms with Gasteiger partial charge < -0.3 is 4.74 Å². The number of hydrazone groups is 1. The number of benzene rings is 1. The van der Waals surface area contributed by atoms with Crippen molar-refractivity contribution < 1.29 is 9.53 Å². The van der Waals surface area contributed by atoms with Crippen molar-refractivity contribution in [3.8, 4) is 0 Å². The molecule has 0 bridgehead atoms. The molecule has 4 heteroatoms. The van der Waals surface area contributed by atoms with Crippen LogP contribution in [-0.2, 0) is 9.53 Å². The summed E-state index contributed by atoms with van der Waals surface area (Å²) in [6.45, 7) is 4.11. The molecule has 17 heavy (non-hydrogen) atoms. The van der Waals surface area contributed by atoms with E-state index in [1.54, 1.807) is 6.92 Å². The van der Waals surface area contributed by atoms with Gasteiger partial charge in [0.15, 0.2) is 0 Å². The number of carbonyl (C=O) groups excluding carboxylic acids is 1. The van der Waals surface area contributed by atoms with E-state index < -0.39 is 0 Å². The first kappa shape index (κ1) is 13.2. The highest BCUT2D eigenvalue weighted by Crippen LogP contribution is 2.05. The zero-order valence-electron chi connectivity index (χ0n) is 10.3. The summed E-state index contributed by atoms with van der Waals surface area (Å²) in [5, 5.41) is 4.19. The Morgan fingerprint density at radius 1 is 1.29 bits per heavy atom. The quantitative estimate of drug-likeness (QED) is 0.468. The van der Waals surface area contributed by atoms with Crippen molar-refractivity contribution in [3.63, 3.8) is 0 Å². The third-order valence-electron chi connectivity index (χ3n) is 2.15. The zero-order chi connectivity index (χ0) is 12.5. The Hall–Kier alpha value is -1.84. The van der Waals surface area contributed by atoms with Crippen molar-refractivity contribution >= 4 is 17.4 Å². The van der Waals surface area contributed by atoms with Gasteiger partial charge in [-0.3, -0.25) is 10.2 Å². The van der Waals surface area contributed by atoms with Crippen molar-refractivity contribution in [2.75, 3.05) is 12.0 Å². The average Bonchev–Trinajstić information content (AvgIpc) is 2.35. The molecule has 1 aromatic rings. The molecule has 0 aromatic heterocycles. The van der Waals surface area contributed by atoms with Crippen LogP contribution in [-0.4, -0.2) is 18.3 Å². The van der Waals surface area contributed by atoms with Crippen LogP contribution in [0.5, 0.6) is 0 Å². The van der Waals surface area contributed by atoms with Crippen molar-refractivity contribution in [1.82, 2.24) is 0 Å². The number of nitrogens with one attached hydrogen (secondary N) is 1. The molecule has 0 aliphatic rings. The average molecular weight is 234 g/mol. The van der Waals surface area contributed by atoms with Gasteiger partial charge in [0.2, 0.25) is 0 Å². The molecule has 0 aliphatic heterocycles. The number of hydrogen-bond donors (Lipinski definition) is 1. The molecule has 0 amide bonds. The maximum absolute atomic E-state index is 11.1. The van der Waals surface area contributed by atoms with Crippen LogP contribution in [0.1, 0.15) is 26.7 Å². The Balaban J connectivity index is 2.32. The van der Waals surface area contributed by atoms with Gasteiger partial charge in [-0.05, 0) is 32.4 Å². The first-order valence-electron chi connectivity index (χ1n) is 5.72. The molecule has 1 aromatic carbocycles. The number of rotatable bonds is 6. The molecule has 0 atom stereocenters. The third-order valence-corrected chi connectivity index (χ3v) is 2.15. The van der Waals surface area contributed by atoms with E-state index in [-0.39, 0.29) is 5.97 Å². The van der Waals surface area contributed by atoms with E-state index in [4.69, 9.17) is 4.74 Å². The van der Waals surface area contributed by atoms with E-state index in [2.05, 4.69) is 10.5 Å². The number of esters is 1. The highest BCUT2D eigenvalue weighted by molar-refractivity contribution is 5.86. The summed E-state index contributed by atoms with van der Waals surface area (Å²) in [6, 6.07) is 9.68. The normalized spacial score (nSPS) is 11.1. The molecule has 1 rings (SSSR count). The molecule has 0 aliphatic carbocycles. The predicted octanol–water partition coefficient (Wildman–Crippen LogP) is 2.82. The summed E-state index contributed by atoms with van der Waals surface area (Å²) in [5.74, 6) is -0.179. The minimum Gasteiger partial charge on any atom is -0.466 e. The lowest BCUT2D eigenvalue weighted by molar-refractivity contribution is -0.142. The summed E-state index contributed by atoms with van der Waals surface area (Å²) in [4.78, 5) is 11.1. The Morgan fingerprint density at radius 3 is 2.65 bits per heavy atom. The van der Waals surface area contributed by atoms with Crippen molar-refractivity contribution in [2.45, 2.75) is 26.7 Å². The number of nitrogens with zero attached hydrogens (tertiary/aromatic N) is 1. The first-order chi connectivity index (χ1) is 8.22. The van der Waals surface area contributed by atoms with Crippen LogP contribution < -0.4 is 5.43 Å². The summed E-state index contributed by atoms with van der Waals surface area (Å²) in [6.07, 6.45) is 0.984. The number of anilines is 1. The third kappa shape index (κ3) is 5.70. The van der Waals surface area contributed by atoms with Crippen LogP contribution in [0.4, 0.5) is 5.69 Å². The van der Waals surface area contributed by atoms with Gasteiger partial charge in [-0.2, -0.15) is 5.10 Å². The van der Waals surface area contributed by atoms with Gasteiger partial charge in [0.25, 0.3) is 0 Å². The van der Waals surface area contributed by atoms with Crippen molar-refractivity contribution in [2.24, 2.45) is 5.10 Å². The highest BCUT2D eigenvalue weighted by atomic mass is 16.5. The summed E-state index contributed by atoms with van der Waals surface area (Å²) in [7, 11) is 0. The van der Waals surface area contributed by atoms with E-state index in [9.17, 15) is 4.79 Å². The standard InChI is InChI=1S/C13H18N2O2/c1-3-17-13(16)10-9-11(2)14-15-12-7-5-4-6-8-12/h4-8,15H,3,9-10H2,1-2H3/b14-11+. The van der Waals surface area contributed by atoms with Crippen molar-refractivity contribution in [3.05, 3.63) is 30.3 Å². The number of para-hydroxylation sites is 1. The molecule has 92 valence electrons. The molecular formula is C13H18N2O2. The van der Waals surface area contributed by atoms with E-state index in [0.717, 1.165) is 11.4 Å². The van der Waals surface area contributed by atoms with Gasteiger partial charge >= 0.3 is 5.97 Å². The van der Waals surface area contributed by atoms with E-state index >= 15 is 0 Å². The SMILES string of the molecule is CCOC(=O)CC/C(C)=N/Nc1ccccc1. The van der Waals surface area contributed by atoms with Crippen LogP contribution in [0.25, 0.3) is 0 Å².